The molecule has 412 valence electrons. The molecule has 8 aromatic rings. The van der Waals surface area contributed by atoms with Gasteiger partial charge in [-0.05, 0) is 126 Å². The Morgan fingerprint density at radius 2 is 0.488 bits per heavy atom. The molecule has 0 aliphatic carbocycles. The lowest BCUT2D eigenvalue weighted by atomic mass is 9.84. The topological polar surface area (TPSA) is 257 Å². The Morgan fingerprint density at radius 3 is 0.659 bits per heavy atom. The van der Waals surface area contributed by atoms with Crippen LogP contribution in [0.4, 0.5) is 0 Å². The highest BCUT2D eigenvalue weighted by molar-refractivity contribution is 6.06. The summed E-state index contributed by atoms with van der Waals surface area (Å²) in [7, 11) is 0. The van der Waals surface area contributed by atoms with E-state index in [1.54, 1.807) is 72.8 Å². The zero-order chi connectivity index (χ0) is 58.1. The number of nitrogen functional groups attached to an aromatic ring is 4. The summed E-state index contributed by atoms with van der Waals surface area (Å²) in [5.74, 6) is 21.5. The first kappa shape index (κ1) is 57.6. The number of carbonyl (C=O) groups is 4. The number of amides is 4. The summed E-state index contributed by atoms with van der Waals surface area (Å²) < 4.78 is 23.7. The van der Waals surface area contributed by atoms with Gasteiger partial charge in [-0.1, -0.05) is 172 Å². The molecule has 0 saturated heterocycles. The lowest BCUT2D eigenvalue weighted by Crippen LogP contribution is -2.30. The van der Waals surface area contributed by atoms with Crippen LogP contribution < -0.4 is 64.0 Å². The molecule has 0 bridgehead atoms. The Hall–Kier alpha value is -10.6. The van der Waals surface area contributed by atoms with Gasteiger partial charge in [-0.15, -0.1) is 0 Å². The van der Waals surface area contributed by atoms with Gasteiger partial charge in [-0.25, -0.2) is 23.4 Å². The van der Waals surface area contributed by atoms with Gasteiger partial charge in [0.25, 0.3) is 23.6 Å². The van der Waals surface area contributed by atoms with Crippen molar-refractivity contribution in [1.82, 2.24) is 21.7 Å². The molecular formula is C66H60N8O8. The number of hydrogen-bond donors (Lipinski definition) is 8. The maximum absolute atomic E-state index is 12.7. The molecule has 12 N–H and O–H groups in total. The van der Waals surface area contributed by atoms with E-state index in [-0.39, 0.29) is 48.7 Å². The van der Waals surface area contributed by atoms with Crippen molar-refractivity contribution in [2.24, 2.45) is 23.4 Å². The van der Waals surface area contributed by atoms with Crippen LogP contribution in [0.5, 0.6) is 23.0 Å². The number of benzene rings is 8. The second-order valence-electron chi connectivity index (χ2n) is 18.2. The molecule has 0 fully saturated rings. The van der Waals surface area contributed by atoms with Crippen LogP contribution in [0.1, 0.15) is 63.7 Å². The van der Waals surface area contributed by atoms with Gasteiger partial charge >= 0.3 is 0 Å². The molecule has 0 unspecified atom stereocenters. The maximum Gasteiger partial charge on any atom is 0.268 e. The van der Waals surface area contributed by atoms with Gasteiger partial charge in [0, 0.05) is 0 Å². The molecule has 4 amide bonds. The van der Waals surface area contributed by atoms with Crippen molar-refractivity contribution in [3.05, 3.63) is 265 Å². The van der Waals surface area contributed by atoms with Gasteiger partial charge in [0.2, 0.25) is 0 Å². The summed E-state index contributed by atoms with van der Waals surface area (Å²) in [6.07, 6.45) is 6.37. The fraction of sp³-hybridized carbons (Fsp3) is 0.0606. The SMILES string of the molecule is C=CCOc1cc(-c2ccc(C(=C(c3ccc(-c4ccc(C(=O)NN)c(OCC=C)c4)cc3)c3ccc(-c4ccc(C(=O)NN)c(OCC=C)c4)cc3)c3ccc(-c4ccc(C(=O)NN)c(OCC=C)c4)cc3)cc2)ccc1C(=O)NN. The van der Waals surface area contributed by atoms with Crippen LogP contribution in [0.3, 0.4) is 0 Å². The van der Waals surface area contributed by atoms with E-state index >= 15 is 0 Å². The first-order valence-electron chi connectivity index (χ1n) is 25.7. The van der Waals surface area contributed by atoms with Crippen molar-refractivity contribution >= 4 is 34.8 Å². The lowest BCUT2D eigenvalue weighted by molar-refractivity contribution is 0.0942. The number of hydrogen-bond acceptors (Lipinski definition) is 12. The molecule has 0 heterocycles. The fourth-order valence-electron chi connectivity index (χ4n) is 9.17. The van der Waals surface area contributed by atoms with E-state index in [2.05, 4.69) is 48.0 Å². The number of nitrogens with one attached hydrogen (secondary N) is 4. The van der Waals surface area contributed by atoms with Gasteiger partial charge in [0.15, 0.2) is 0 Å². The quantitative estimate of drug-likeness (QED) is 0.00925. The molecule has 0 aromatic heterocycles. The zero-order valence-corrected chi connectivity index (χ0v) is 44.7. The summed E-state index contributed by atoms with van der Waals surface area (Å²) in [5.41, 5.74) is 21.5. The molecule has 0 atom stereocenters. The highest BCUT2D eigenvalue weighted by Gasteiger charge is 2.21. The molecule has 16 nitrogen and oxygen atoms in total. The summed E-state index contributed by atoms with van der Waals surface area (Å²) in [6.45, 7) is 15.7. The second-order valence-corrected chi connectivity index (χ2v) is 18.2. The second kappa shape index (κ2) is 27.3. The van der Waals surface area contributed by atoms with E-state index in [4.69, 9.17) is 42.3 Å². The molecule has 8 rings (SSSR count). The van der Waals surface area contributed by atoms with E-state index in [1.807, 2.05) is 121 Å². The molecular weight excluding hydrogens is 1030 g/mol. The number of rotatable bonds is 24. The predicted octanol–water partition coefficient (Wildman–Crippen LogP) is 10.0. The number of hydrazine groups is 4. The van der Waals surface area contributed by atoms with Gasteiger partial charge in [0.05, 0.1) is 22.3 Å². The van der Waals surface area contributed by atoms with Gasteiger partial charge in [-0.3, -0.25) is 40.9 Å². The van der Waals surface area contributed by atoms with Gasteiger partial charge in [-0.2, -0.15) is 0 Å². The van der Waals surface area contributed by atoms with E-state index in [0.29, 0.717) is 23.0 Å². The van der Waals surface area contributed by atoms with Crippen LogP contribution >= 0.6 is 0 Å². The Morgan fingerprint density at radius 1 is 0.305 bits per heavy atom. The van der Waals surface area contributed by atoms with Gasteiger partial charge < -0.3 is 18.9 Å². The van der Waals surface area contributed by atoms with Crippen molar-refractivity contribution < 1.29 is 38.1 Å². The normalized spacial score (nSPS) is 10.5. The number of nitrogens with two attached hydrogens (primary N) is 4. The Bertz CT molecular complexity index is 3240. The monoisotopic (exact) mass is 1090 g/mol. The van der Waals surface area contributed by atoms with Gasteiger partial charge in [0.1, 0.15) is 49.4 Å². The number of carbonyl (C=O) groups excluding carboxylic acids is 4. The van der Waals surface area contributed by atoms with Crippen molar-refractivity contribution in [2.45, 2.75) is 0 Å². The average Bonchev–Trinajstić information content (AvgIpc) is 3.65. The largest absolute Gasteiger partial charge is 0.489 e. The molecule has 16 heteroatoms. The number of ether oxygens (including phenoxy) is 4. The molecule has 82 heavy (non-hydrogen) atoms. The standard InChI is InChI=1S/C66H60N8O8/c1-5-33-79-57-37-49(25-29-53(57)63(75)71-67)41-9-17-45(18-10-41)61(46-19-11-42(12-20-46)50-26-30-54(64(76)72-68)58(38-50)80-34-6-2)62(47-21-13-43(14-22-47)51-27-31-55(65(77)73-69)59(39-51)81-35-7-3)48-23-15-44(16-24-48)52-28-32-56(66(78)74-70)60(40-52)82-36-8-4/h5-32,37-40H,1-4,33-36,67-70H2,(H,71,75)(H,72,76)(H,73,77)(H,74,78). The third kappa shape index (κ3) is 13.1. The molecule has 8 aromatic carbocycles. The van der Waals surface area contributed by atoms with Crippen molar-refractivity contribution in [1.29, 1.82) is 0 Å². The van der Waals surface area contributed by atoms with Crippen molar-refractivity contribution in [2.75, 3.05) is 26.4 Å². The highest BCUT2D eigenvalue weighted by Crippen LogP contribution is 2.41. The maximum atomic E-state index is 12.7. The van der Waals surface area contributed by atoms with E-state index in [0.717, 1.165) is 77.9 Å². The highest BCUT2D eigenvalue weighted by atomic mass is 16.5. The first-order chi connectivity index (χ1) is 40.0. The third-order valence-corrected chi connectivity index (χ3v) is 13.1. The van der Waals surface area contributed by atoms with E-state index in [1.165, 1.54) is 0 Å². The van der Waals surface area contributed by atoms with Crippen LogP contribution in [-0.2, 0) is 0 Å². The van der Waals surface area contributed by atoms with Crippen molar-refractivity contribution in [3.63, 3.8) is 0 Å². The molecule has 0 radical (unpaired) electrons. The summed E-state index contributed by atoms with van der Waals surface area (Å²) in [4.78, 5) is 51.0. The van der Waals surface area contributed by atoms with Crippen LogP contribution in [0.2, 0.25) is 0 Å². The van der Waals surface area contributed by atoms with Crippen LogP contribution in [0, 0.1) is 0 Å². The van der Waals surface area contributed by atoms with Crippen LogP contribution in [-0.4, -0.2) is 50.1 Å². The molecule has 0 aliphatic rings. The van der Waals surface area contributed by atoms with Crippen molar-refractivity contribution in [3.8, 4) is 67.5 Å². The van der Waals surface area contributed by atoms with E-state index < -0.39 is 23.6 Å². The Balaban J connectivity index is 1.34. The molecule has 0 aliphatic heterocycles. The minimum atomic E-state index is -0.499. The summed E-state index contributed by atoms with van der Waals surface area (Å²) >= 11 is 0. The Labute approximate surface area is 474 Å². The predicted molar refractivity (Wildman–Crippen MR) is 322 cm³/mol. The minimum absolute atomic E-state index is 0.169. The fourth-order valence-corrected chi connectivity index (χ4v) is 9.17. The first-order valence-corrected chi connectivity index (χ1v) is 25.7. The Kier molecular flexibility index (Phi) is 19.2. The third-order valence-electron chi connectivity index (χ3n) is 13.1. The zero-order valence-electron chi connectivity index (χ0n) is 44.7. The molecule has 0 saturated carbocycles. The summed E-state index contributed by atoms with van der Waals surface area (Å²) in [5, 5.41) is 0. The minimum Gasteiger partial charge on any atom is -0.489 e. The lowest BCUT2D eigenvalue weighted by Gasteiger charge is -2.20. The van der Waals surface area contributed by atoms with Crippen LogP contribution in [0.25, 0.3) is 55.7 Å². The van der Waals surface area contributed by atoms with Crippen LogP contribution in [0.15, 0.2) is 220 Å². The van der Waals surface area contributed by atoms with E-state index in [9.17, 15) is 19.2 Å². The smallest absolute Gasteiger partial charge is 0.268 e. The molecule has 0 spiro atoms. The average molecular weight is 1090 g/mol. The summed E-state index contributed by atoms with van der Waals surface area (Å²) in [6, 6.07) is 53.6.